The molecule has 4 nitrogen and oxygen atoms in total. The lowest BCUT2D eigenvalue weighted by atomic mass is 10.2. The van der Waals surface area contributed by atoms with E-state index in [-0.39, 0.29) is 28.8 Å². The molecule has 6 heteroatoms. The highest BCUT2D eigenvalue weighted by atomic mass is 35.5. The molecular formula is C15H12ClNO3S. The zero-order chi connectivity index (χ0) is 15.2. The Morgan fingerprint density at radius 2 is 2.19 bits per heavy atom. The number of hydrogen-bond acceptors (Lipinski definition) is 4. The van der Waals surface area contributed by atoms with Crippen LogP contribution in [0.5, 0.6) is 5.75 Å². The molecule has 2 rings (SSSR count). The number of amides is 1. The van der Waals surface area contributed by atoms with Crippen molar-refractivity contribution in [3.05, 3.63) is 50.7 Å². The van der Waals surface area contributed by atoms with Crippen molar-refractivity contribution in [2.24, 2.45) is 0 Å². The fourth-order valence-electron chi connectivity index (χ4n) is 1.67. The number of carbonyl (C=O) groups excluding carboxylic acids is 1. The average Bonchev–Trinajstić information content (AvgIpc) is 2.92. The highest BCUT2D eigenvalue weighted by Gasteiger charge is 2.12. The molecule has 3 N–H and O–H groups in total. The molecule has 2 aromatic rings. The van der Waals surface area contributed by atoms with Crippen LogP contribution in [0.2, 0.25) is 5.02 Å². The van der Waals surface area contributed by atoms with Crippen LogP contribution in [0.3, 0.4) is 0 Å². The highest BCUT2D eigenvalue weighted by Crippen LogP contribution is 2.21. The van der Waals surface area contributed by atoms with Crippen molar-refractivity contribution in [1.29, 1.82) is 0 Å². The van der Waals surface area contributed by atoms with E-state index >= 15 is 0 Å². The SMILES string of the molecule is O=C(NCc1sccc1C#CCO)c1cc(O)ccc1Cl. The van der Waals surface area contributed by atoms with Gasteiger partial charge in [-0.1, -0.05) is 23.4 Å². The maximum atomic E-state index is 12.1. The highest BCUT2D eigenvalue weighted by molar-refractivity contribution is 7.10. The van der Waals surface area contributed by atoms with Gasteiger partial charge in [0, 0.05) is 10.4 Å². The number of hydrogen-bond donors (Lipinski definition) is 3. The number of phenolic OH excluding ortho intramolecular Hbond substituents is 1. The number of halogens is 1. The summed E-state index contributed by atoms with van der Waals surface area (Å²) in [5.41, 5.74) is 0.993. The number of phenols is 1. The third kappa shape index (κ3) is 3.99. The van der Waals surface area contributed by atoms with Crippen molar-refractivity contribution in [2.75, 3.05) is 6.61 Å². The second-order valence-electron chi connectivity index (χ2n) is 4.06. The molecule has 0 aliphatic carbocycles. The lowest BCUT2D eigenvalue weighted by molar-refractivity contribution is 0.0951. The fourth-order valence-corrected chi connectivity index (χ4v) is 2.64. The maximum Gasteiger partial charge on any atom is 0.253 e. The minimum Gasteiger partial charge on any atom is -0.508 e. The smallest absolute Gasteiger partial charge is 0.253 e. The minimum atomic E-state index is -0.370. The third-order valence-electron chi connectivity index (χ3n) is 2.65. The molecule has 1 aromatic heterocycles. The van der Waals surface area contributed by atoms with Crippen molar-refractivity contribution in [3.63, 3.8) is 0 Å². The number of carbonyl (C=O) groups is 1. The Balaban J connectivity index is 2.08. The van der Waals surface area contributed by atoms with Crippen LogP contribution in [0.4, 0.5) is 0 Å². The van der Waals surface area contributed by atoms with E-state index < -0.39 is 0 Å². The average molecular weight is 322 g/mol. The van der Waals surface area contributed by atoms with Crippen molar-refractivity contribution in [1.82, 2.24) is 5.32 Å². The first-order valence-corrected chi connectivity index (χ1v) is 7.30. The molecule has 1 heterocycles. The van der Waals surface area contributed by atoms with E-state index in [4.69, 9.17) is 16.7 Å². The van der Waals surface area contributed by atoms with Gasteiger partial charge in [0.25, 0.3) is 5.91 Å². The summed E-state index contributed by atoms with van der Waals surface area (Å²) in [5.74, 6) is 5.00. The van der Waals surface area contributed by atoms with E-state index in [0.717, 1.165) is 10.4 Å². The summed E-state index contributed by atoms with van der Waals surface area (Å²) in [4.78, 5) is 12.9. The molecule has 0 aliphatic heterocycles. The number of aromatic hydroxyl groups is 1. The molecular weight excluding hydrogens is 310 g/mol. The number of thiophene rings is 1. The molecule has 0 saturated heterocycles. The number of aliphatic hydroxyl groups excluding tert-OH is 1. The van der Waals surface area contributed by atoms with E-state index in [0.29, 0.717) is 6.54 Å². The van der Waals surface area contributed by atoms with Crippen LogP contribution >= 0.6 is 22.9 Å². The lowest BCUT2D eigenvalue weighted by Gasteiger charge is -2.06. The summed E-state index contributed by atoms with van der Waals surface area (Å²) < 4.78 is 0. The molecule has 0 fully saturated rings. The molecule has 108 valence electrons. The first kappa shape index (κ1) is 15.4. The Hall–Kier alpha value is -2.00. The van der Waals surface area contributed by atoms with Crippen LogP contribution in [0.15, 0.2) is 29.6 Å². The molecule has 0 atom stereocenters. The molecule has 0 radical (unpaired) electrons. The number of benzene rings is 1. The molecule has 0 saturated carbocycles. The molecule has 21 heavy (non-hydrogen) atoms. The topological polar surface area (TPSA) is 69.6 Å². The fraction of sp³-hybridized carbons (Fsp3) is 0.133. The Bertz CT molecular complexity index is 715. The standard InChI is InChI=1S/C15H12ClNO3S/c16-13-4-3-11(19)8-12(13)15(20)17-9-14-10(2-1-6-18)5-7-21-14/h3-5,7-8,18-19H,6,9H2,(H,17,20). The van der Waals surface area contributed by atoms with Gasteiger partial charge in [0.2, 0.25) is 0 Å². The van der Waals surface area contributed by atoms with Gasteiger partial charge in [0.1, 0.15) is 12.4 Å². The van der Waals surface area contributed by atoms with Crippen LogP contribution in [0.25, 0.3) is 0 Å². The quantitative estimate of drug-likeness (QED) is 0.760. The van der Waals surface area contributed by atoms with Gasteiger partial charge in [-0.05, 0) is 29.6 Å². The third-order valence-corrected chi connectivity index (χ3v) is 3.90. The van der Waals surface area contributed by atoms with Gasteiger partial charge >= 0.3 is 0 Å². The lowest BCUT2D eigenvalue weighted by Crippen LogP contribution is -2.23. The molecule has 0 aliphatic rings. The largest absolute Gasteiger partial charge is 0.508 e. The molecule has 1 amide bonds. The van der Waals surface area contributed by atoms with Crippen molar-refractivity contribution in [2.45, 2.75) is 6.54 Å². The summed E-state index contributed by atoms with van der Waals surface area (Å²) in [6, 6.07) is 6.03. The van der Waals surface area contributed by atoms with E-state index in [2.05, 4.69) is 17.2 Å². The molecule has 0 unspecified atom stereocenters. The number of rotatable bonds is 3. The minimum absolute atomic E-state index is 0.0184. The van der Waals surface area contributed by atoms with E-state index in [1.165, 1.54) is 29.5 Å². The Labute approximate surface area is 131 Å². The Morgan fingerprint density at radius 3 is 2.95 bits per heavy atom. The Morgan fingerprint density at radius 1 is 1.38 bits per heavy atom. The van der Waals surface area contributed by atoms with Gasteiger partial charge in [-0.25, -0.2) is 0 Å². The summed E-state index contributed by atoms with van der Waals surface area (Å²) in [6.07, 6.45) is 0. The normalized spacial score (nSPS) is 9.81. The van der Waals surface area contributed by atoms with Crippen LogP contribution < -0.4 is 5.32 Å². The summed E-state index contributed by atoms with van der Waals surface area (Å²) in [7, 11) is 0. The van der Waals surface area contributed by atoms with Gasteiger partial charge < -0.3 is 15.5 Å². The first-order valence-electron chi connectivity index (χ1n) is 6.04. The molecule has 0 spiro atoms. The molecule has 1 aromatic carbocycles. The van der Waals surface area contributed by atoms with Gasteiger partial charge in [-0.2, -0.15) is 0 Å². The first-order chi connectivity index (χ1) is 10.1. The van der Waals surface area contributed by atoms with E-state index in [1.807, 2.05) is 11.4 Å². The van der Waals surface area contributed by atoms with Gasteiger partial charge in [-0.3, -0.25) is 4.79 Å². The van der Waals surface area contributed by atoms with E-state index in [1.54, 1.807) is 0 Å². The van der Waals surface area contributed by atoms with Crippen molar-refractivity contribution >= 4 is 28.8 Å². The van der Waals surface area contributed by atoms with Crippen LogP contribution in [-0.2, 0) is 6.54 Å². The van der Waals surface area contributed by atoms with E-state index in [9.17, 15) is 9.90 Å². The van der Waals surface area contributed by atoms with Gasteiger partial charge in [-0.15, -0.1) is 11.3 Å². The molecule has 0 bridgehead atoms. The second-order valence-corrected chi connectivity index (χ2v) is 5.47. The van der Waals surface area contributed by atoms with Crippen molar-refractivity contribution in [3.8, 4) is 17.6 Å². The predicted octanol–water partition coefficient (Wildman–Crippen LogP) is 2.38. The summed E-state index contributed by atoms with van der Waals surface area (Å²) in [5, 5.41) is 23.0. The van der Waals surface area contributed by atoms with Crippen LogP contribution in [0.1, 0.15) is 20.8 Å². The van der Waals surface area contributed by atoms with Gasteiger partial charge in [0.15, 0.2) is 0 Å². The van der Waals surface area contributed by atoms with Crippen LogP contribution in [-0.4, -0.2) is 22.7 Å². The Kier molecular flexibility index (Phi) is 5.23. The maximum absolute atomic E-state index is 12.1. The van der Waals surface area contributed by atoms with Gasteiger partial charge in [0.05, 0.1) is 17.1 Å². The summed E-state index contributed by atoms with van der Waals surface area (Å²) in [6.45, 7) is 0.0957. The monoisotopic (exact) mass is 321 g/mol. The van der Waals surface area contributed by atoms with Crippen LogP contribution in [0, 0.1) is 11.8 Å². The zero-order valence-corrected chi connectivity index (χ0v) is 12.5. The zero-order valence-electron chi connectivity index (χ0n) is 10.9. The predicted molar refractivity (Wildman–Crippen MR) is 82.6 cm³/mol. The van der Waals surface area contributed by atoms with Crippen molar-refractivity contribution < 1.29 is 15.0 Å². The number of nitrogens with one attached hydrogen (secondary N) is 1. The second kappa shape index (κ2) is 7.14. The number of aliphatic hydroxyl groups is 1. The summed E-state index contributed by atoms with van der Waals surface area (Å²) >= 11 is 7.40.